The number of carbonyl (C=O) groups is 1. The summed E-state index contributed by atoms with van der Waals surface area (Å²) in [6.45, 7) is 7.11. The van der Waals surface area contributed by atoms with Gasteiger partial charge in [-0.15, -0.1) is 0 Å². The molecule has 0 atom stereocenters. The largest absolute Gasteiger partial charge is 0.497 e. The van der Waals surface area contributed by atoms with E-state index in [0.29, 0.717) is 29.1 Å². The Hall–Kier alpha value is -2.54. The summed E-state index contributed by atoms with van der Waals surface area (Å²) in [4.78, 5) is 15.1. The van der Waals surface area contributed by atoms with Crippen LogP contribution in [0.5, 0.6) is 11.5 Å². The molecule has 1 saturated carbocycles. The molecule has 0 radical (unpaired) electrons. The van der Waals surface area contributed by atoms with Gasteiger partial charge in [-0.05, 0) is 51.7 Å². The standard InChI is InChI=1S/C23H32N4O3/c1-16(2)27-15-17(13-24-27)14-26-10-8-19(9-11-26)30-22-12-20(29-3)6-7-21(22)23(28)25-18-4-5-18/h6-7,12-13,15-16,18-19H,4-5,8-11,14H2,1-3H3,(H,25,28). The molecule has 0 unspecified atom stereocenters. The third-order valence-corrected chi connectivity index (χ3v) is 5.76. The van der Waals surface area contributed by atoms with Crippen molar-refractivity contribution >= 4 is 5.91 Å². The number of methoxy groups -OCH3 is 1. The minimum absolute atomic E-state index is 0.0604. The smallest absolute Gasteiger partial charge is 0.255 e. The van der Waals surface area contributed by atoms with E-state index in [4.69, 9.17) is 9.47 Å². The van der Waals surface area contributed by atoms with E-state index in [0.717, 1.165) is 45.3 Å². The van der Waals surface area contributed by atoms with Crippen molar-refractivity contribution in [2.24, 2.45) is 0 Å². The Morgan fingerprint density at radius 3 is 2.63 bits per heavy atom. The molecule has 1 amide bonds. The lowest BCUT2D eigenvalue weighted by atomic mass is 10.1. The van der Waals surface area contributed by atoms with Crippen LogP contribution >= 0.6 is 0 Å². The lowest BCUT2D eigenvalue weighted by molar-refractivity contribution is 0.0889. The number of nitrogens with zero attached hydrogens (tertiary/aromatic N) is 3. The maximum Gasteiger partial charge on any atom is 0.255 e. The molecule has 30 heavy (non-hydrogen) atoms. The zero-order valence-electron chi connectivity index (χ0n) is 18.1. The Morgan fingerprint density at radius 2 is 2.00 bits per heavy atom. The van der Waals surface area contributed by atoms with Crippen LogP contribution in [0.2, 0.25) is 0 Å². The fourth-order valence-corrected chi connectivity index (χ4v) is 3.77. The first-order valence-electron chi connectivity index (χ1n) is 10.9. The number of hydrogen-bond acceptors (Lipinski definition) is 5. The zero-order chi connectivity index (χ0) is 21.1. The Morgan fingerprint density at radius 1 is 1.23 bits per heavy atom. The van der Waals surface area contributed by atoms with Crippen molar-refractivity contribution in [3.63, 3.8) is 0 Å². The highest BCUT2D eigenvalue weighted by Crippen LogP contribution is 2.29. The highest BCUT2D eigenvalue weighted by molar-refractivity contribution is 5.97. The van der Waals surface area contributed by atoms with Crippen LogP contribution in [-0.4, -0.2) is 52.9 Å². The fraction of sp³-hybridized carbons (Fsp3) is 0.565. The van der Waals surface area contributed by atoms with Gasteiger partial charge in [0.2, 0.25) is 0 Å². The van der Waals surface area contributed by atoms with Crippen molar-refractivity contribution in [3.8, 4) is 11.5 Å². The van der Waals surface area contributed by atoms with Gasteiger partial charge < -0.3 is 14.8 Å². The van der Waals surface area contributed by atoms with Gasteiger partial charge in [-0.2, -0.15) is 5.10 Å². The van der Waals surface area contributed by atoms with Crippen molar-refractivity contribution in [2.75, 3.05) is 20.2 Å². The topological polar surface area (TPSA) is 68.6 Å². The van der Waals surface area contributed by atoms with E-state index in [1.54, 1.807) is 13.2 Å². The quantitative estimate of drug-likeness (QED) is 0.720. The Kier molecular flexibility index (Phi) is 6.27. The first-order chi connectivity index (χ1) is 14.5. The van der Waals surface area contributed by atoms with E-state index < -0.39 is 0 Å². The van der Waals surface area contributed by atoms with Crippen molar-refractivity contribution in [1.82, 2.24) is 20.0 Å². The Balaban J connectivity index is 1.35. The normalized spacial score (nSPS) is 17.9. The number of amides is 1. The van der Waals surface area contributed by atoms with E-state index in [2.05, 4.69) is 35.4 Å². The number of benzene rings is 1. The molecule has 2 aliphatic rings. The molecule has 0 spiro atoms. The second-order valence-corrected chi connectivity index (χ2v) is 8.63. The predicted molar refractivity (Wildman–Crippen MR) is 115 cm³/mol. The summed E-state index contributed by atoms with van der Waals surface area (Å²) in [5.41, 5.74) is 1.83. The molecular weight excluding hydrogens is 380 g/mol. The van der Waals surface area contributed by atoms with Gasteiger partial charge in [0.05, 0.1) is 18.9 Å². The molecule has 7 nitrogen and oxygen atoms in total. The minimum atomic E-state index is -0.0604. The van der Waals surface area contributed by atoms with E-state index >= 15 is 0 Å². The Bertz CT molecular complexity index is 867. The van der Waals surface area contributed by atoms with Gasteiger partial charge in [-0.25, -0.2) is 0 Å². The summed E-state index contributed by atoms with van der Waals surface area (Å²) in [6.07, 6.45) is 8.18. The van der Waals surface area contributed by atoms with Crippen LogP contribution in [0, 0.1) is 0 Å². The molecule has 1 aliphatic carbocycles. The fourth-order valence-electron chi connectivity index (χ4n) is 3.77. The predicted octanol–water partition coefficient (Wildman–Crippen LogP) is 3.41. The number of likely N-dealkylation sites (tertiary alicyclic amines) is 1. The lowest BCUT2D eigenvalue weighted by Gasteiger charge is -2.32. The minimum Gasteiger partial charge on any atom is -0.497 e. The van der Waals surface area contributed by atoms with Gasteiger partial charge in [-0.1, -0.05) is 0 Å². The van der Waals surface area contributed by atoms with Crippen LogP contribution in [0.4, 0.5) is 0 Å². The molecule has 1 aliphatic heterocycles. The maximum absolute atomic E-state index is 12.6. The maximum atomic E-state index is 12.6. The van der Waals surface area contributed by atoms with Crippen molar-refractivity contribution in [1.29, 1.82) is 0 Å². The Labute approximate surface area is 178 Å². The van der Waals surface area contributed by atoms with Gasteiger partial charge in [0.1, 0.15) is 17.6 Å². The average Bonchev–Trinajstić information content (AvgIpc) is 3.43. The lowest BCUT2D eigenvalue weighted by Crippen LogP contribution is -2.38. The first-order valence-corrected chi connectivity index (χ1v) is 10.9. The van der Waals surface area contributed by atoms with Crippen molar-refractivity contribution in [2.45, 2.75) is 64.3 Å². The number of piperidine rings is 1. The third kappa shape index (κ3) is 5.14. The van der Waals surface area contributed by atoms with E-state index in [1.807, 2.05) is 23.0 Å². The summed E-state index contributed by atoms with van der Waals surface area (Å²) < 4.78 is 13.7. The van der Waals surface area contributed by atoms with E-state index in [1.165, 1.54) is 5.56 Å². The van der Waals surface area contributed by atoms with Gasteiger partial charge in [0.25, 0.3) is 5.91 Å². The second kappa shape index (κ2) is 9.08. The number of aromatic nitrogens is 2. The molecule has 1 N–H and O–H groups in total. The molecule has 4 rings (SSSR count). The van der Waals surface area contributed by atoms with Gasteiger partial charge >= 0.3 is 0 Å². The summed E-state index contributed by atoms with van der Waals surface area (Å²) in [6, 6.07) is 6.14. The van der Waals surface area contributed by atoms with Gasteiger partial charge in [-0.3, -0.25) is 14.4 Å². The van der Waals surface area contributed by atoms with Crippen molar-refractivity contribution in [3.05, 3.63) is 41.7 Å². The number of carbonyl (C=O) groups excluding carboxylic acids is 1. The molecule has 1 aromatic heterocycles. The van der Waals surface area contributed by atoms with E-state index in [-0.39, 0.29) is 12.0 Å². The zero-order valence-corrected chi connectivity index (χ0v) is 18.1. The third-order valence-electron chi connectivity index (χ3n) is 5.76. The van der Waals surface area contributed by atoms with Crippen LogP contribution in [0.3, 0.4) is 0 Å². The molecule has 7 heteroatoms. The van der Waals surface area contributed by atoms with Gasteiger partial charge in [0.15, 0.2) is 0 Å². The summed E-state index contributed by atoms with van der Waals surface area (Å²) in [5.74, 6) is 1.26. The first kappa shape index (κ1) is 20.7. The highest BCUT2D eigenvalue weighted by Gasteiger charge is 2.27. The highest BCUT2D eigenvalue weighted by atomic mass is 16.5. The summed E-state index contributed by atoms with van der Waals surface area (Å²) >= 11 is 0. The van der Waals surface area contributed by atoms with E-state index in [9.17, 15) is 4.79 Å². The van der Waals surface area contributed by atoms with Gasteiger partial charge in [0, 0.05) is 49.5 Å². The van der Waals surface area contributed by atoms with Crippen LogP contribution in [-0.2, 0) is 6.54 Å². The summed E-state index contributed by atoms with van der Waals surface area (Å²) in [7, 11) is 1.63. The van der Waals surface area contributed by atoms with Crippen molar-refractivity contribution < 1.29 is 14.3 Å². The molecule has 2 aromatic rings. The molecule has 0 bridgehead atoms. The molecule has 2 fully saturated rings. The number of rotatable bonds is 8. The van der Waals surface area contributed by atoms with Crippen LogP contribution in [0.1, 0.15) is 61.5 Å². The average molecular weight is 413 g/mol. The number of hydrogen-bond donors (Lipinski definition) is 1. The monoisotopic (exact) mass is 412 g/mol. The second-order valence-electron chi connectivity index (χ2n) is 8.63. The SMILES string of the molecule is COc1ccc(C(=O)NC2CC2)c(OC2CCN(Cc3cnn(C(C)C)c3)CC2)c1. The molecule has 1 aromatic carbocycles. The molecular formula is C23H32N4O3. The number of nitrogens with one attached hydrogen (secondary N) is 1. The van der Waals surface area contributed by atoms with Crippen LogP contribution in [0.25, 0.3) is 0 Å². The van der Waals surface area contributed by atoms with Crippen LogP contribution < -0.4 is 14.8 Å². The molecule has 162 valence electrons. The summed E-state index contributed by atoms with van der Waals surface area (Å²) in [5, 5.41) is 7.49. The number of ether oxygens (including phenoxy) is 2. The molecule has 2 heterocycles. The molecule has 1 saturated heterocycles. The van der Waals surface area contributed by atoms with Crippen LogP contribution in [0.15, 0.2) is 30.6 Å².